The summed E-state index contributed by atoms with van der Waals surface area (Å²) in [5.41, 5.74) is 7.21. The van der Waals surface area contributed by atoms with E-state index in [0.717, 1.165) is 61.3 Å². The first kappa shape index (κ1) is 22.4. The number of aromatic nitrogens is 6. The van der Waals surface area contributed by atoms with E-state index in [9.17, 15) is 0 Å². The fraction of sp³-hybridized carbons (Fsp3) is 0. The van der Waals surface area contributed by atoms with E-state index in [2.05, 4.69) is 91.9 Å². The Balaban J connectivity index is 1.47. The number of hydrogen-bond acceptors (Lipinski definition) is 4. The van der Waals surface area contributed by atoms with Gasteiger partial charge in [-0.2, -0.15) is 0 Å². The summed E-state index contributed by atoms with van der Waals surface area (Å²) in [6.45, 7) is 0. The van der Waals surface area contributed by atoms with Crippen molar-refractivity contribution in [2.75, 3.05) is 0 Å². The van der Waals surface area contributed by atoms with Crippen molar-refractivity contribution in [3.63, 3.8) is 0 Å². The van der Waals surface area contributed by atoms with Crippen LogP contribution in [0.4, 0.5) is 0 Å². The summed E-state index contributed by atoms with van der Waals surface area (Å²) in [6, 6.07) is 39.4. The van der Waals surface area contributed by atoms with E-state index in [-0.39, 0.29) is 0 Å². The second-order valence-corrected chi connectivity index (χ2v) is 9.63. The second-order valence-electron chi connectivity index (χ2n) is 9.63. The average Bonchev–Trinajstić information content (AvgIpc) is 3.59. The number of imidazole rings is 1. The number of fused-ring (bicyclic) bond motifs is 5. The molecular weight excluding hydrogens is 492 g/mol. The van der Waals surface area contributed by atoms with Gasteiger partial charge in [-0.05, 0) is 54.6 Å². The SMILES string of the molecule is c1ccc(-n2c3ccccc3c3c4nc(-c5cccc(-c6ncccn6)c5)n(-c5ccccn5)c4ccc32)cc1. The minimum atomic E-state index is 0.679. The van der Waals surface area contributed by atoms with Crippen LogP contribution in [0.1, 0.15) is 0 Å². The largest absolute Gasteiger partial charge is 0.309 e. The highest BCUT2D eigenvalue weighted by Crippen LogP contribution is 2.39. The van der Waals surface area contributed by atoms with Gasteiger partial charge in [-0.15, -0.1) is 0 Å². The highest BCUT2D eigenvalue weighted by molar-refractivity contribution is 6.20. The average molecular weight is 515 g/mol. The maximum absolute atomic E-state index is 5.35. The Kier molecular flexibility index (Phi) is 5.03. The van der Waals surface area contributed by atoms with Crippen molar-refractivity contribution in [2.45, 2.75) is 0 Å². The Morgan fingerprint density at radius 1 is 0.500 bits per heavy atom. The van der Waals surface area contributed by atoms with Crippen LogP contribution in [0, 0.1) is 0 Å². The molecule has 6 nitrogen and oxygen atoms in total. The maximum atomic E-state index is 5.35. The van der Waals surface area contributed by atoms with Crippen molar-refractivity contribution in [3.8, 4) is 34.3 Å². The number of nitrogens with zero attached hydrogens (tertiary/aromatic N) is 6. The molecule has 6 heteroatoms. The van der Waals surface area contributed by atoms with E-state index in [1.165, 1.54) is 0 Å². The molecule has 0 aliphatic carbocycles. The van der Waals surface area contributed by atoms with Gasteiger partial charge in [0.05, 0.1) is 22.1 Å². The zero-order valence-corrected chi connectivity index (χ0v) is 21.4. The lowest BCUT2D eigenvalue weighted by Gasteiger charge is -2.10. The van der Waals surface area contributed by atoms with E-state index in [0.29, 0.717) is 5.82 Å². The summed E-state index contributed by atoms with van der Waals surface area (Å²) in [5, 5.41) is 2.28. The van der Waals surface area contributed by atoms with Crippen molar-refractivity contribution in [1.82, 2.24) is 29.1 Å². The molecule has 8 aromatic rings. The molecule has 188 valence electrons. The third-order valence-corrected chi connectivity index (χ3v) is 7.30. The summed E-state index contributed by atoms with van der Waals surface area (Å²) in [5.74, 6) is 2.31. The van der Waals surface area contributed by atoms with E-state index < -0.39 is 0 Å². The Hall–Kier alpha value is -5.62. The number of pyridine rings is 1. The number of hydrogen-bond donors (Lipinski definition) is 0. The van der Waals surface area contributed by atoms with Gasteiger partial charge in [0, 0.05) is 46.2 Å². The molecular formula is C34H22N6. The first-order valence-corrected chi connectivity index (χ1v) is 13.2. The van der Waals surface area contributed by atoms with Crippen LogP contribution in [-0.2, 0) is 0 Å². The van der Waals surface area contributed by atoms with Crippen LogP contribution in [0.15, 0.2) is 134 Å². The zero-order chi connectivity index (χ0) is 26.5. The minimum Gasteiger partial charge on any atom is -0.309 e. The molecule has 4 heterocycles. The number of para-hydroxylation sites is 2. The summed E-state index contributed by atoms with van der Waals surface area (Å²) < 4.78 is 4.46. The van der Waals surface area contributed by atoms with Gasteiger partial charge < -0.3 is 4.57 Å². The molecule has 0 amide bonds. The van der Waals surface area contributed by atoms with E-state index >= 15 is 0 Å². The van der Waals surface area contributed by atoms with Gasteiger partial charge in [0.2, 0.25) is 0 Å². The summed E-state index contributed by atoms with van der Waals surface area (Å²) >= 11 is 0. The van der Waals surface area contributed by atoms with Gasteiger partial charge in [0.25, 0.3) is 0 Å². The van der Waals surface area contributed by atoms with Crippen molar-refractivity contribution in [1.29, 1.82) is 0 Å². The highest BCUT2D eigenvalue weighted by atomic mass is 15.1. The molecule has 0 atom stereocenters. The number of benzene rings is 4. The molecule has 40 heavy (non-hydrogen) atoms. The lowest BCUT2D eigenvalue weighted by Crippen LogP contribution is -2.00. The minimum absolute atomic E-state index is 0.679. The van der Waals surface area contributed by atoms with Gasteiger partial charge in [-0.25, -0.2) is 19.9 Å². The highest BCUT2D eigenvalue weighted by Gasteiger charge is 2.21. The Morgan fingerprint density at radius 2 is 1.25 bits per heavy atom. The first-order chi connectivity index (χ1) is 19.9. The van der Waals surface area contributed by atoms with E-state index in [1.807, 2.05) is 48.7 Å². The molecule has 8 rings (SSSR count). The molecule has 0 aliphatic heterocycles. The fourth-order valence-corrected chi connectivity index (χ4v) is 5.61. The summed E-state index contributed by atoms with van der Waals surface area (Å²) in [6.07, 6.45) is 5.34. The molecule has 0 aliphatic rings. The molecule has 0 saturated carbocycles. The van der Waals surface area contributed by atoms with Crippen LogP contribution in [-0.4, -0.2) is 29.1 Å². The molecule has 0 unspecified atom stereocenters. The smallest absolute Gasteiger partial charge is 0.159 e. The number of rotatable bonds is 4. The molecule has 0 spiro atoms. The third kappa shape index (κ3) is 3.43. The molecule has 0 fully saturated rings. The predicted molar refractivity (Wildman–Crippen MR) is 160 cm³/mol. The van der Waals surface area contributed by atoms with Crippen LogP contribution in [0.2, 0.25) is 0 Å². The molecule has 4 aromatic heterocycles. The van der Waals surface area contributed by atoms with Crippen LogP contribution in [0.25, 0.3) is 67.1 Å². The fourth-order valence-electron chi connectivity index (χ4n) is 5.61. The van der Waals surface area contributed by atoms with Crippen molar-refractivity contribution < 1.29 is 0 Å². The Bertz CT molecular complexity index is 2150. The van der Waals surface area contributed by atoms with Crippen LogP contribution >= 0.6 is 0 Å². The standard InChI is InChI=1S/C34H22N6/c1-2-12-25(13-3-1)39-27-15-5-4-14-26(27)31-28(39)17-18-29-32(31)38-34(40(29)30-16-6-7-19-35-30)24-11-8-10-23(22-24)33-36-20-9-21-37-33/h1-22H. The lowest BCUT2D eigenvalue weighted by molar-refractivity contribution is 1.03. The van der Waals surface area contributed by atoms with Crippen LogP contribution in [0.5, 0.6) is 0 Å². The van der Waals surface area contributed by atoms with Crippen molar-refractivity contribution >= 4 is 32.8 Å². The summed E-state index contributed by atoms with van der Waals surface area (Å²) in [7, 11) is 0. The van der Waals surface area contributed by atoms with E-state index in [1.54, 1.807) is 12.4 Å². The van der Waals surface area contributed by atoms with Crippen LogP contribution in [0.3, 0.4) is 0 Å². The Labute approximate surface area is 229 Å². The molecule has 0 radical (unpaired) electrons. The van der Waals surface area contributed by atoms with Gasteiger partial charge in [-0.3, -0.25) is 4.57 Å². The maximum Gasteiger partial charge on any atom is 0.159 e. The van der Waals surface area contributed by atoms with Gasteiger partial charge >= 0.3 is 0 Å². The second kappa shape index (κ2) is 8.99. The molecule has 4 aromatic carbocycles. The van der Waals surface area contributed by atoms with E-state index in [4.69, 9.17) is 9.97 Å². The van der Waals surface area contributed by atoms with Gasteiger partial charge in [0.15, 0.2) is 5.82 Å². The van der Waals surface area contributed by atoms with Crippen molar-refractivity contribution in [3.05, 3.63) is 134 Å². The molecule has 0 N–H and O–H groups in total. The topological polar surface area (TPSA) is 61.4 Å². The van der Waals surface area contributed by atoms with Crippen molar-refractivity contribution in [2.24, 2.45) is 0 Å². The molecule has 0 saturated heterocycles. The van der Waals surface area contributed by atoms with Crippen LogP contribution < -0.4 is 0 Å². The first-order valence-electron chi connectivity index (χ1n) is 13.2. The monoisotopic (exact) mass is 514 g/mol. The lowest BCUT2D eigenvalue weighted by atomic mass is 10.1. The quantitative estimate of drug-likeness (QED) is 0.242. The summed E-state index contributed by atoms with van der Waals surface area (Å²) in [4.78, 5) is 19.0. The van der Waals surface area contributed by atoms with Gasteiger partial charge in [-0.1, -0.05) is 60.7 Å². The Morgan fingerprint density at radius 3 is 2.10 bits per heavy atom. The normalized spacial score (nSPS) is 11.5. The predicted octanol–water partition coefficient (Wildman–Crippen LogP) is 7.64. The van der Waals surface area contributed by atoms with Gasteiger partial charge in [0.1, 0.15) is 11.6 Å². The third-order valence-electron chi connectivity index (χ3n) is 7.30. The zero-order valence-electron chi connectivity index (χ0n) is 21.4. The molecule has 0 bridgehead atoms.